The van der Waals surface area contributed by atoms with E-state index in [1.54, 1.807) is 5.48 Å². The van der Waals surface area contributed by atoms with Gasteiger partial charge in [-0.1, -0.05) is 0 Å². The van der Waals surface area contributed by atoms with Crippen molar-refractivity contribution in [1.29, 1.82) is 0 Å². The average Bonchev–Trinajstić information content (AvgIpc) is 3.49. The van der Waals surface area contributed by atoms with Crippen LogP contribution in [-0.2, 0) is 19.6 Å². The molecule has 1 spiro atoms. The van der Waals surface area contributed by atoms with Gasteiger partial charge in [-0.25, -0.2) is 22.7 Å². The minimum absolute atomic E-state index is 0.132. The fourth-order valence-electron chi connectivity index (χ4n) is 5.18. The van der Waals surface area contributed by atoms with Gasteiger partial charge >= 0.3 is 0 Å². The number of hydroxylamine groups is 1. The van der Waals surface area contributed by atoms with Gasteiger partial charge in [0.05, 0.1) is 12.2 Å². The summed E-state index contributed by atoms with van der Waals surface area (Å²) in [7, 11) is -3.79. The molecule has 0 bridgehead atoms. The Hall–Kier alpha value is -2.11. The second-order valence-corrected chi connectivity index (χ2v) is 11.3. The second-order valence-electron chi connectivity index (χ2n) is 9.34. The molecule has 2 amide bonds. The number of sulfonamides is 1. The summed E-state index contributed by atoms with van der Waals surface area (Å²) >= 11 is 0. The Kier molecular flexibility index (Phi) is 6.01. The number of carbonyl (C=O) groups excluding carboxylic acids is 2. The molecule has 1 aromatic carbocycles. The third-order valence-corrected chi connectivity index (χ3v) is 8.29. The van der Waals surface area contributed by atoms with Crippen molar-refractivity contribution in [2.45, 2.75) is 44.1 Å². The Morgan fingerprint density at radius 2 is 1.72 bits per heavy atom. The summed E-state index contributed by atoms with van der Waals surface area (Å²) in [6, 6.07) is 2.15. The lowest BCUT2D eigenvalue weighted by Gasteiger charge is -2.44. The molecule has 2 N–H and O–H groups in total. The van der Waals surface area contributed by atoms with E-state index >= 15 is 0 Å². The molecule has 0 unspecified atom stereocenters. The lowest BCUT2D eigenvalue weighted by atomic mass is 9.80. The zero-order chi connectivity index (χ0) is 23.3. The number of piperidine rings is 2. The molecule has 2 aliphatic heterocycles. The largest absolute Gasteiger partial charge is 0.341 e. The molecule has 2 heterocycles. The van der Waals surface area contributed by atoms with E-state index in [1.165, 1.54) is 17.0 Å². The number of likely N-dealkylation sites (tertiary alicyclic amines) is 1. The predicted molar refractivity (Wildman–Crippen MR) is 110 cm³/mol. The SMILES string of the molecule is CS(=O)(=O)N1CC2(CC2)C[C@H](C(=O)NO)[C@H]1C(=O)N1CCC(c2cc(F)cc(F)c2)CC1. The number of benzene rings is 1. The summed E-state index contributed by atoms with van der Waals surface area (Å²) < 4.78 is 53.4. The maximum Gasteiger partial charge on any atom is 0.248 e. The van der Waals surface area contributed by atoms with Crippen molar-refractivity contribution in [2.75, 3.05) is 25.9 Å². The number of nitrogens with zero attached hydrogens (tertiary/aromatic N) is 2. The van der Waals surface area contributed by atoms with Crippen LogP contribution in [0.1, 0.15) is 43.6 Å². The summed E-state index contributed by atoms with van der Waals surface area (Å²) in [5, 5.41) is 9.23. The highest BCUT2D eigenvalue weighted by Crippen LogP contribution is 2.55. The Bertz CT molecular complexity index is 1000. The quantitative estimate of drug-likeness (QED) is 0.513. The lowest BCUT2D eigenvalue weighted by Crippen LogP contribution is -2.62. The molecule has 2 saturated heterocycles. The third kappa shape index (κ3) is 4.51. The molecule has 1 aromatic rings. The van der Waals surface area contributed by atoms with Crippen molar-refractivity contribution >= 4 is 21.8 Å². The van der Waals surface area contributed by atoms with Crippen molar-refractivity contribution in [3.63, 3.8) is 0 Å². The highest BCUT2D eigenvalue weighted by atomic mass is 32.2. The highest BCUT2D eigenvalue weighted by molar-refractivity contribution is 7.88. The molecule has 0 aromatic heterocycles. The topological polar surface area (TPSA) is 107 Å². The molecular weight excluding hydrogens is 444 g/mol. The molecular formula is C21H27F2N3O5S. The number of carbonyl (C=O) groups is 2. The molecule has 11 heteroatoms. The number of halogens is 2. The van der Waals surface area contributed by atoms with E-state index in [0.29, 0.717) is 24.8 Å². The van der Waals surface area contributed by atoms with Gasteiger partial charge in [-0.2, -0.15) is 4.31 Å². The van der Waals surface area contributed by atoms with Crippen molar-refractivity contribution < 1.29 is 32.0 Å². The van der Waals surface area contributed by atoms with Gasteiger partial charge < -0.3 is 4.90 Å². The molecule has 0 radical (unpaired) electrons. The zero-order valence-corrected chi connectivity index (χ0v) is 18.6. The molecule has 176 valence electrons. The van der Waals surface area contributed by atoms with Gasteiger partial charge in [0.1, 0.15) is 17.7 Å². The van der Waals surface area contributed by atoms with E-state index < -0.39 is 45.4 Å². The molecule has 32 heavy (non-hydrogen) atoms. The van der Waals surface area contributed by atoms with Crippen LogP contribution in [0, 0.1) is 23.0 Å². The number of hydrogen-bond acceptors (Lipinski definition) is 5. The van der Waals surface area contributed by atoms with E-state index in [0.717, 1.165) is 29.5 Å². The minimum atomic E-state index is -3.79. The van der Waals surface area contributed by atoms with Gasteiger partial charge in [-0.15, -0.1) is 0 Å². The van der Waals surface area contributed by atoms with Gasteiger partial charge in [0.25, 0.3) is 0 Å². The Balaban J connectivity index is 1.54. The maximum atomic E-state index is 13.6. The molecule has 8 nitrogen and oxygen atoms in total. The van der Waals surface area contributed by atoms with Crippen molar-refractivity contribution in [2.24, 2.45) is 11.3 Å². The third-order valence-electron chi connectivity index (χ3n) is 7.08. The molecule has 4 rings (SSSR count). The highest BCUT2D eigenvalue weighted by Gasteiger charge is 2.58. The smallest absolute Gasteiger partial charge is 0.248 e. The molecule has 2 atom stereocenters. The fraction of sp³-hybridized carbons (Fsp3) is 0.619. The summed E-state index contributed by atoms with van der Waals surface area (Å²) in [6.07, 6.45) is 3.81. The maximum absolute atomic E-state index is 13.6. The van der Waals surface area contributed by atoms with Gasteiger partial charge in [0, 0.05) is 25.7 Å². The van der Waals surface area contributed by atoms with Crippen LogP contribution in [-0.4, -0.2) is 66.6 Å². The van der Waals surface area contributed by atoms with Crippen LogP contribution in [0.5, 0.6) is 0 Å². The van der Waals surface area contributed by atoms with E-state index in [1.807, 2.05) is 0 Å². The minimum Gasteiger partial charge on any atom is -0.341 e. The summed E-state index contributed by atoms with van der Waals surface area (Å²) in [6.45, 7) is 0.721. The van der Waals surface area contributed by atoms with E-state index in [-0.39, 0.29) is 31.0 Å². The first-order valence-electron chi connectivity index (χ1n) is 10.7. The van der Waals surface area contributed by atoms with Crippen LogP contribution < -0.4 is 5.48 Å². The van der Waals surface area contributed by atoms with E-state index in [2.05, 4.69) is 0 Å². The lowest BCUT2D eigenvalue weighted by molar-refractivity contribution is -0.148. The van der Waals surface area contributed by atoms with Gasteiger partial charge in [-0.3, -0.25) is 14.8 Å². The zero-order valence-electron chi connectivity index (χ0n) is 17.8. The number of amides is 2. The van der Waals surface area contributed by atoms with Crippen LogP contribution in [0.25, 0.3) is 0 Å². The first-order valence-corrected chi connectivity index (χ1v) is 12.5. The normalized spacial score (nSPS) is 26.2. The average molecular weight is 472 g/mol. The van der Waals surface area contributed by atoms with Crippen molar-refractivity contribution in [3.05, 3.63) is 35.4 Å². The standard InChI is InChI=1S/C21H27F2N3O5S/c1-32(30,31)26-12-21(4-5-21)11-17(19(27)24-29)18(26)20(28)25-6-2-13(3-7-25)14-8-15(22)10-16(23)9-14/h8-10,13,17-18,29H,2-7,11-12H2,1H3,(H,24,27)/t17-,18-/m0/s1. The number of hydrogen-bond donors (Lipinski definition) is 2. The van der Waals surface area contributed by atoms with Crippen LogP contribution in [0.4, 0.5) is 8.78 Å². The first kappa shape index (κ1) is 23.1. The van der Waals surface area contributed by atoms with Gasteiger partial charge in [-0.05, 0) is 61.1 Å². The molecule has 3 aliphatic rings. The van der Waals surface area contributed by atoms with Gasteiger partial charge in [0.2, 0.25) is 21.8 Å². The van der Waals surface area contributed by atoms with E-state index in [9.17, 15) is 32.0 Å². The summed E-state index contributed by atoms with van der Waals surface area (Å²) in [4.78, 5) is 27.4. The monoisotopic (exact) mass is 471 g/mol. The Morgan fingerprint density at radius 3 is 2.22 bits per heavy atom. The predicted octanol–water partition coefficient (Wildman–Crippen LogP) is 1.61. The summed E-state index contributed by atoms with van der Waals surface area (Å²) in [5.74, 6) is -3.69. The molecule has 1 saturated carbocycles. The number of rotatable bonds is 4. The first-order chi connectivity index (χ1) is 15.0. The molecule has 1 aliphatic carbocycles. The fourth-order valence-corrected chi connectivity index (χ4v) is 6.34. The van der Waals surface area contributed by atoms with Crippen LogP contribution >= 0.6 is 0 Å². The van der Waals surface area contributed by atoms with Crippen LogP contribution in [0.2, 0.25) is 0 Å². The van der Waals surface area contributed by atoms with Crippen LogP contribution in [0.15, 0.2) is 18.2 Å². The van der Waals surface area contributed by atoms with Crippen LogP contribution in [0.3, 0.4) is 0 Å². The van der Waals surface area contributed by atoms with Crippen molar-refractivity contribution in [3.8, 4) is 0 Å². The second kappa shape index (κ2) is 8.35. The summed E-state index contributed by atoms with van der Waals surface area (Å²) in [5.41, 5.74) is 1.80. The molecule has 3 fully saturated rings. The van der Waals surface area contributed by atoms with Gasteiger partial charge in [0.15, 0.2) is 0 Å². The number of nitrogens with one attached hydrogen (secondary N) is 1. The van der Waals surface area contributed by atoms with Crippen molar-refractivity contribution in [1.82, 2.24) is 14.7 Å². The van der Waals surface area contributed by atoms with E-state index in [4.69, 9.17) is 0 Å². The Morgan fingerprint density at radius 1 is 1.12 bits per heavy atom. The Labute approximate surface area is 185 Å².